The molecule has 0 aromatic heterocycles. The molecule has 62 valence electrons. The van der Waals surface area contributed by atoms with Crippen molar-refractivity contribution in [2.45, 2.75) is 23.6 Å². The molecule has 0 radical (unpaired) electrons. The third-order valence-corrected chi connectivity index (χ3v) is 2.42. The van der Waals surface area contributed by atoms with E-state index in [4.69, 9.17) is 39.9 Å². The fourth-order valence-corrected chi connectivity index (χ4v) is 0.936. The first-order valence-corrected chi connectivity index (χ1v) is 4.56. The quantitative estimate of drug-likeness (QED) is 0.683. The summed E-state index contributed by atoms with van der Waals surface area (Å²) in [5.41, 5.74) is 0. The second kappa shape index (κ2) is 6.53. The molecule has 0 aliphatic rings. The van der Waals surface area contributed by atoms with Crippen molar-refractivity contribution < 1.29 is 5.11 Å². The Morgan fingerprint density at radius 1 is 1.10 bits per heavy atom. The van der Waals surface area contributed by atoms with Crippen molar-refractivity contribution in [1.29, 1.82) is 0 Å². The highest BCUT2D eigenvalue weighted by Crippen LogP contribution is 2.12. The van der Waals surface area contributed by atoms with Crippen LogP contribution in [-0.4, -0.2) is 28.3 Å². The number of aliphatic hydroxyl groups is 1. The maximum Gasteiger partial charge on any atom is 0.0595 e. The standard InChI is InChI=1S/C6H11Cl3O/c7-3-5(8)1-2-6(9)4-10/h5-6,10H,1-4H2. The second-order valence-corrected chi connectivity index (χ2v) is 3.65. The summed E-state index contributed by atoms with van der Waals surface area (Å²) in [6.07, 6.45) is 1.48. The van der Waals surface area contributed by atoms with Crippen LogP contribution in [0.25, 0.3) is 0 Å². The number of hydrogen-bond donors (Lipinski definition) is 1. The average Bonchev–Trinajstić information content (AvgIpc) is 1.99. The van der Waals surface area contributed by atoms with E-state index in [2.05, 4.69) is 0 Å². The molecule has 1 N–H and O–H groups in total. The lowest BCUT2D eigenvalue weighted by Crippen LogP contribution is -2.09. The molecule has 0 saturated carbocycles. The van der Waals surface area contributed by atoms with Gasteiger partial charge in [0, 0.05) is 11.3 Å². The van der Waals surface area contributed by atoms with Crippen LogP contribution in [0.4, 0.5) is 0 Å². The number of aliphatic hydroxyl groups excluding tert-OH is 1. The van der Waals surface area contributed by atoms with E-state index >= 15 is 0 Å². The first kappa shape index (κ1) is 10.8. The lowest BCUT2D eigenvalue weighted by Gasteiger charge is -2.07. The molecule has 0 aliphatic carbocycles. The Balaban J connectivity index is 3.17. The molecule has 0 amide bonds. The molecule has 2 atom stereocenters. The maximum atomic E-state index is 8.51. The van der Waals surface area contributed by atoms with Crippen molar-refractivity contribution >= 4 is 34.8 Å². The minimum atomic E-state index is -0.176. The molecule has 0 fully saturated rings. The minimum absolute atomic E-state index is 0.00739. The van der Waals surface area contributed by atoms with Gasteiger partial charge in [-0.05, 0) is 12.8 Å². The summed E-state index contributed by atoms with van der Waals surface area (Å²) in [6.45, 7) is 0.00739. The second-order valence-electron chi connectivity index (χ2n) is 2.11. The van der Waals surface area contributed by atoms with Crippen LogP contribution in [0.2, 0.25) is 0 Å². The number of hydrogen-bond acceptors (Lipinski definition) is 1. The molecule has 0 aromatic rings. The van der Waals surface area contributed by atoms with Crippen LogP contribution in [0.5, 0.6) is 0 Å². The predicted octanol–water partition coefficient (Wildman–Crippen LogP) is 2.21. The zero-order valence-electron chi connectivity index (χ0n) is 5.56. The van der Waals surface area contributed by atoms with Gasteiger partial charge in [-0.2, -0.15) is 0 Å². The summed E-state index contributed by atoms with van der Waals surface area (Å²) in [5.74, 6) is 0.441. The van der Waals surface area contributed by atoms with Crippen molar-refractivity contribution in [3.8, 4) is 0 Å². The first-order chi connectivity index (χ1) is 4.70. The van der Waals surface area contributed by atoms with Gasteiger partial charge in [-0.15, -0.1) is 34.8 Å². The Labute approximate surface area is 76.3 Å². The summed E-state index contributed by atoms with van der Waals surface area (Å²) >= 11 is 16.7. The average molecular weight is 206 g/mol. The van der Waals surface area contributed by atoms with E-state index in [1.165, 1.54) is 0 Å². The van der Waals surface area contributed by atoms with Gasteiger partial charge in [-0.25, -0.2) is 0 Å². The fourth-order valence-electron chi connectivity index (χ4n) is 0.530. The SMILES string of the molecule is OCC(Cl)CCC(Cl)CCl. The van der Waals surface area contributed by atoms with Crippen LogP contribution in [0.1, 0.15) is 12.8 Å². The molecule has 2 unspecified atom stereocenters. The Kier molecular flexibility index (Phi) is 7.08. The van der Waals surface area contributed by atoms with Crippen LogP contribution in [0.3, 0.4) is 0 Å². The summed E-state index contributed by atoms with van der Waals surface area (Å²) in [5, 5.41) is 8.32. The van der Waals surface area contributed by atoms with E-state index in [9.17, 15) is 0 Å². The van der Waals surface area contributed by atoms with E-state index in [0.29, 0.717) is 5.88 Å². The van der Waals surface area contributed by atoms with Crippen LogP contribution in [0, 0.1) is 0 Å². The molecule has 0 saturated heterocycles. The lowest BCUT2D eigenvalue weighted by molar-refractivity contribution is 0.287. The zero-order chi connectivity index (χ0) is 7.98. The molecule has 10 heavy (non-hydrogen) atoms. The van der Waals surface area contributed by atoms with Gasteiger partial charge in [0.25, 0.3) is 0 Å². The third-order valence-electron chi connectivity index (χ3n) is 1.16. The largest absolute Gasteiger partial charge is 0.395 e. The Hall–Kier alpha value is 0.830. The highest BCUT2D eigenvalue weighted by atomic mass is 35.5. The number of alkyl halides is 3. The highest BCUT2D eigenvalue weighted by Gasteiger charge is 2.06. The van der Waals surface area contributed by atoms with Crippen molar-refractivity contribution in [3.63, 3.8) is 0 Å². The van der Waals surface area contributed by atoms with Crippen LogP contribution >= 0.6 is 34.8 Å². The summed E-state index contributed by atoms with van der Waals surface area (Å²) < 4.78 is 0. The predicted molar refractivity (Wildman–Crippen MR) is 46.3 cm³/mol. The Morgan fingerprint density at radius 2 is 1.60 bits per heavy atom. The van der Waals surface area contributed by atoms with E-state index in [-0.39, 0.29) is 17.4 Å². The van der Waals surface area contributed by atoms with Gasteiger partial charge in [-0.1, -0.05) is 0 Å². The van der Waals surface area contributed by atoms with Gasteiger partial charge >= 0.3 is 0 Å². The molecular formula is C6H11Cl3O. The molecule has 0 spiro atoms. The molecule has 1 nitrogen and oxygen atoms in total. The van der Waals surface area contributed by atoms with Gasteiger partial charge < -0.3 is 5.11 Å². The number of rotatable bonds is 5. The third kappa shape index (κ3) is 5.60. The summed E-state index contributed by atoms with van der Waals surface area (Å²) in [4.78, 5) is 0. The monoisotopic (exact) mass is 204 g/mol. The maximum absolute atomic E-state index is 8.51. The minimum Gasteiger partial charge on any atom is -0.395 e. The summed E-state index contributed by atoms with van der Waals surface area (Å²) in [6, 6.07) is 0. The lowest BCUT2D eigenvalue weighted by atomic mass is 10.2. The van der Waals surface area contributed by atoms with Gasteiger partial charge in [0.2, 0.25) is 0 Å². The van der Waals surface area contributed by atoms with E-state index in [0.717, 1.165) is 12.8 Å². The topological polar surface area (TPSA) is 20.2 Å². The molecule has 0 rings (SSSR count). The smallest absolute Gasteiger partial charge is 0.0595 e. The normalized spacial score (nSPS) is 16.8. The molecule has 0 aromatic carbocycles. The van der Waals surface area contributed by atoms with Crippen molar-refractivity contribution in [1.82, 2.24) is 0 Å². The Bertz CT molecular complexity index is 69.4. The van der Waals surface area contributed by atoms with Crippen molar-refractivity contribution in [2.24, 2.45) is 0 Å². The Morgan fingerprint density at radius 3 is 2.00 bits per heavy atom. The molecular weight excluding hydrogens is 194 g/mol. The van der Waals surface area contributed by atoms with Crippen molar-refractivity contribution in [2.75, 3.05) is 12.5 Å². The summed E-state index contributed by atoms with van der Waals surface area (Å²) in [7, 11) is 0. The molecule has 0 heterocycles. The van der Waals surface area contributed by atoms with Crippen LogP contribution < -0.4 is 0 Å². The van der Waals surface area contributed by atoms with Crippen LogP contribution in [-0.2, 0) is 0 Å². The van der Waals surface area contributed by atoms with Gasteiger partial charge in [0.05, 0.1) is 12.0 Å². The first-order valence-electron chi connectivity index (χ1n) is 3.15. The molecule has 0 bridgehead atoms. The number of halogens is 3. The van der Waals surface area contributed by atoms with E-state index in [1.54, 1.807) is 0 Å². The van der Waals surface area contributed by atoms with Gasteiger partial charge in [0.1, 0.15) is 0 Å². The van der Waals surface area contributed by atoms with E-state index < -0.39 is 0 Å². The van der Waals surface area contributed by atoms with Gasteiger partial charge in [0.15, 0.2) is 0 Å². The molecule has 4 heteroatoms. The van der Waals surface area contributed by atoms with Crippen LogP contribution in [0.15, 0.2) is 0 Å². The fraction of sp³-hybridized carbons (Fsp3) is 1.00. The zero-order valence-corrected chi connectivity index (χ0v) is 7.83. The van der Waals surface area contributed by atoms with Gasteiger partial charge in [-0.3, -0.25) is 0 Å². The van der Waals surface area contributed by atoms with E-state index in [1.807, 2.05) is 0 Å². The highest BCUT2D eigenvalue weighted by molar-refractivity contribution is 6.28. The molecule has 0 aliphatic heterocycles. The van der Waals surface area contributed by atoms with Crippen molar-refractivity contribution in [3.05, 3.63) is 0 Å².